The number of amides is 1. The largest absolute Gasteiger partial charge is 0.338 e. The van der Waals surface area contributed by atoms with Crippen LogP contribution >= 0.6 is 12.4 Å². The fourth-order valence-corrected chi connectivity index (χ4v) is 3.21. The van der Waals surface area contributed by atoms with Crippen molar-refractivity contribution in [3.8, 4) is 0 Å². The number of nitrogens with two attached hydrogens (primary N) is 1. The highest BCUT2D eigenvalue weighted by atomic mass is 35.5. The van der Waals surface area contributed by atoms with Crippen LogP contribution in [0.15, 0.2) is 29.2 Å². The summed E-state index contributed by atoms with van der Waals surface area (Å²) in [7, 11) is -0.429. The standard InChI is InChI=1S/C15H25N3O3S.ClH/c1-11(2)18(5)22(20,21)14-8-6-7-13(9-14)15(19)17(4)12(3)10-16;/h6-9,11-12H,10,16H2,1-5H3;1H. The van der Waals surface area contributed by atoms with Crippen molar-refractivity contribution in [2.45, 2.75) is 37.8 Å². The minimum absolute atomic E-state index is 0. The normalized spacial score (nSPS) is 12.9. The van der Waals surface area contributed by atoms with Crippen molar-refractivity contribution >= 4 is 28.3 Å². The van der Waals surface area contributed by atoms with Gasteiger partial charge in [0.1, 0.15) is 0 Å². The molecule has 1 aromatic rings. The topological polar surface area (TPSA) is 83.7 Å². The van der Waals surface area contributed by atoms with Gasteiger partial charge in [-0.05, 0) is 39.0 Å². The molecular weight excluding hydrogens is 338 g/mol. The van der Waals surface area contributed by atoms with Crippen LogP contribution in [0.3, 0.4) is 0 Å². The molecule has 0 fully saturated rings. The first kappa shape index (κ1) is 21.9. The van der Waals surface area contributed by atoms with E-state index in [-0.39, 0.29) is 35.3 Å². The van der Waals surface area contributed by atoms with Crippen LogP contribution in [0.4, 0.5) is 0 Å². The summed E-state index contributed by atoms with van der Waals surface area (Å²) in [5.41, 5.74) is 5.90. The van der Waals surface area contributed by atoms with E-state index in [1.54, 1.807) is 33.0 Å². The van der Waals surface area contributed by atoms with Gasteiger partial charge in [-0.1, -0.05) is 6.07 Å². The lowest BCUT2D eigenvalue weighted by Crippen LogP contribution is -2.39. The zero-order valence-corrected chi connectivity index (χ0v) is 15.8. The molecule has 0 bridgehead atoms. The van der Waals surface area contributed by atoms with Crippen LogP contribution in [0.2, 0.25) is 0 Å². The number of likely N-dealkylation sites (N-methyl/N-ethyl adjacent to an activating group) is 1. The molecule has 0 aromatic heterocycles. The molecule has 132 valence electrons. The van der Waals surface area contributed by atoms with E-state index in [1.807, 2.05) is 6.92 Å². The zero-order chi connectivity index (χ0) is 17.1. The Kier molecular flexibility index (Phi) is 8.20. The lowest BCUT2D eigenvalue weighted by molar-refractivity contribution is 0.0748. The maximum Gasteiger partial charge on any atom is 0.253 e. The summed E-state index contributed by atoms with van der Waals surface area (Å²) in [6, 6.07) is 5.81. The number of sulfonamides is 1. The predicted octanol–water partition coefficient (Wildman–Crippen LogP) is 1.56. The minimum atomic E-state index is -3.61. The van der Waals surface area contributed by atoms with Crippen LogP contribution in [-0.4, -0.2) is 56.3 Å². The van der Waals surface area contributed by atoms with Crippen molar-refractivity contribution in [2.24, 2.45) is 5.73 Å². The van der Waals surface area contributed by atoms with Crippen LogP contribution in [0.25, 0.3) is 0 Å². The lowest BCUT2D eigenvalue weighted by Gasteiger charge is -2.24. The second-order valence-corrected chi connectivity index (χ2v) is 7.64. The van der Waals surface area contributed by atoms with E-state index in [2.05, 4.69) is 0 Å². The number of hydrogen-bond acceptors (Lipinski definition) is 4. The molecule has 6 nitrogen and oxygen atoms in total. The van der Waals surface area contributed by atoms with Gasteiger partial charge >= 0.3 is 0 Å². The van der Waals surface area contributed by atoms with Gasteiger partial charge in [0.25, 0.3) is 5.91 Å². The Morgan fingerprint density at radius 3 is 2.26 bits per heavy atom. The van der Waals surface area contributed by atoms with Gasteiger partial charge in [0.2, 0.25) is 10.0 Å². The minimum Gasteiger partial charge on any atom is -0.338 e. The Labute approximate surface area is 145 Å². The van der Waals surface area contributed by atoms with Crippen LogP contribution in [0, 0.1) is 0 Å². The number of carbonyl (C=O) groups is 1. The Balaban J connectivity index is 0.00000484. The number of benzene rings is 1. The van der Waals surface area contributed by atoms with Gasteiger partial charge in [0, 0.05) is 38.3 Å². The first-order chi connectivity index (χ1) is 10.1. The van der Waals surface area contributed by atoms with Gasteiger partial charge in [-0.25, -0.2) is 8.42 Å². The third kappa shape index (κ3) is 4.91. The summed E-state index contributed by atoms with van der Waals surface area (Å²) in [5, 5.41) is 0. The highest BCUT2D eigenvalue weighted by molar-refractivity contribution is 7.89. The van der Waals surface area contributed by atoms with Crippen molar-refractivity contribution < 1.29 is 13.2 Å². The van der Waals surface area contributed by atoms with Crippen molar-refractivity contribution in [1.82, 2.24) is 9.21 Å². The van der Waals surface area contributed by atoms with Crippen molar-refractivity contribution in [1.29, 1.82) is 0 Å². The molecule has 0 aliphatic carbocycles. The summed E-state index contributed by atoms with van der Waals surface area (Å²) >= 11 is 0. The monoisotopic (exact) mass is 363 g/mol. The third-order valence-corrected chi connectivity index (χ3v) is 5.84. The summed E-state index contributed by atoms with van der Waals surface area (Å²) in [6.07, 6.45) is 0. The Hall–Kier alpha value is -1.15. The third-order valence-electron chi connectivity index (χ3n) is 3.81. The van der Waals surface area contributed by atoms with Crippen LogP contribution < -0.4 is 5.73 Å². The summed E-state index contributed by atoms with van der Waals surface area (Å²) in [6.45, 7) is 5.77. The molecule has 8 heteroatoms. The summed E-state index contributed by atoms with van der Waals surface area (Å²) < 4.78 is 26.3. The first-order valence-electron chi connectivity index (χ1n) is 7.18. The molecule has 0 saturated heterocycles. The van der Waals surface area contributed by atoms with Gasteiger partial charge in [-0.2, -0.15) is 4.31 Å². The average Bonchev–Trinajstić information content (AvgIpc) is 2.51. The number of carbonyl (C=O) groups excluding carboxylic acids is 1. The molecule has 0 aliphatic heterocycles. The smallest absolute Gasteiger partial charge is 0.253 e. The number of hydrogen-bond donors (Lipinski definition) is 1. The Morgan fingerprint density at radius 2 is 1.78 bits per heavy atom. The fraction of sp³-hybridized carbons (Fsp3) is 0.533. The molecule has 1 atom stereocenters. The maximum absolute atomic E-state index is 12.5. The molecular formula is C15H26ClN3O3S. The van der Waals surface area contributed by atoms with E-state index in [0.717, 1.165) is 0 Å². The van der Waals surface area contributed by atoms with Crippen LogP contribution in [0.5, 0.6) is 0 Å². The molecule has 0 saturated carbocycles. The molecule has 1 aromatic carbocycles. The van der Waals surface area contributed by atoms with Crippen LogP contribution in [-0.2, 0) is 10.0 Å². The second-order valence-electron chi connectivity index (χ2n) is 5.64. The van der Waals surface area contributed by atoms with Crippen LogP contribution in [0.1, 0.15) is 31.1 Å². The van der Waals surface area contributed by atoms with E-state index in [1.165, 1.54) is 28.4 Å². The summed E-state index contributed by atoms with van der Waals surface area (Å²) in [5.74, 6) is -0.248. The Bertz CT molecular complexity index is 635. The summed E-state index contributed by atoms with van der Waals surface area (Å²) in [4.78, 5) is 14.0. The Morgan fingerprint density at radius 1 is 1.22 bits per heavy atom. The molecule has 0 heterocycles. The predicted molar refractivity (Wildman–Crippen MR) is 94.4 cm³/mol. The average molecular weight is 364 g/mol. The van der Waals surface area contributed by atoms with Crippen molar-refractivity contribution in [3.05, 3.63) is 29.8 Å². The zero-order valence-electron chi connectivity index (χ0n) is 14.2. The highest BCUT2D eigenvalue weighted by Crippen LogP contribution is 2.19. The number of nitrogens with zero attached hydrogens (tertiary/aromatic N) is 2. The molecule has 0 radical (unpaired) electrons. The molecule has 1 amide bonds. The maximum atomic E-state index is 12.5. The SMILES string of the molecule is CC(CN)N(C)C(=O)c1cccc(S(=O)(=O)N(C)C(C)C)c1.Cl. The van der Waals surface area contributed by atoms with E-state index in [9.17, 15) is 13.2 Å². The number of halogens is 1. The molecule has 2 N–H and O–H groups in total. The van der Waals surface area contributed by atoms with Gasteiger partial charge < -0.3 is 10.6 Å². The van der Waals surface area contributed by atoms with Gasteiger partial charge in [0.05, 0.1) is 4.90 Å². The quantitative estimate of drug-likeness (QED) is 0.831. The number of rotatable bonds is 6. The molecule has 0 aliphatic rings. The lowest BCUT2D eigenvalue weighted by atomic mass is 10.2. The van der Waals surface area contributed by atoms with E-state index >= 15 is 0 Å². The van der Waals surface area contributed by atoms with Gasteiger partial charge in [-0.15, -0.1) is 12.4 Å². The fourth-order valence-electron chi connectivity index (χ4n) is 1.80. The van der Waals surface area contributed by atoms with Gasteiger partial charge in [-0.3, -0.25) is 4.79 Å². The molecule has 1 unspecified atom stereocenters. The van der Waals surface area contributed by atoms with E-state index in [0.29, 0.717) is 12.1 Å². The van der Waals surface area contributed by atoms with Crippen molar-refractivity contribution in [2.75, 3.05) is 20.6 Å². The first-order valence-corrected chi connectivity index (χ1v) is 8.62. The molecule has 1 rings (SSSR count). The van der Waals surface area contributed by atoms with Crippen molar-refractivity contribution in [3.63, 3.8) is 0 Å². The van der Waals surface area contributed by atoms with Gasteiger partial charge in [0.15, 0.2) is 0 Å². The highest BCUT2D eigenvalue weighted by Gasteiger charge is 2.25. The molecule has 23 heavy (non-hydrogen) atoms. The molecule has 0 spiro atoms. The van der Waals surface area contributed by atoms with E-state index in [4.69, 9.17) is 5.73 Å². The second kappa shape index (κ2) is 8.63. The van der Waals surface area contributed by atoms with E-state index < -0.39 is 10.0 Å².